The van der Waals surface area contributed by atoms with E-state index in [0.29, 0.717) is 5.54 Å². The molecular weight excluding hydrogens is 124 g/mol. The molecule has 1 aliphatic rings. The van der Waals surface area contributed by atoms with Gasteiger partial charge in [-0.2, -0.15) is 0 Å². The first-order valence-electron chi connectivity index (χ1n) is 4.28. The predicted molar refractivity (Wildman–Crippen MR) is 46.0 cm³/mol. The normalized spacial score (nSPS) is 30.0. The molecule has 0 bridgehead atoms. The van der Waals surface area contributed by atoms with E-state index in [9.17, 15) is 0 Å². The van der Waals surface area contributed by atoms with Gasteiger partial charge >= 0.3 is 0 Å². The molecule has 3 N–H and O–H groups in total. The number of hydrogen-bond acceptors (Lipinski definition) is 2. The van der Waals surface area contributed by atoms with Crippen LogP contribution in [0.5, 0.6) is 0 Å². The van der Waals surface area contributed by atoms with E-state index in [2.05, 4.69) is 12.2 Å². The number of hydrogen-bond donors (Lipinski definition) is 2. The van der Waals surface area contributed by atoms with E-state index >= 15 is 0 Å². The predicted octanol–water partition coefficient (Wildman–Crippen LogP) is 1.11. The van der Waals surface area contributed by atoms with Crippen molar-refractivity contribution >= 4 is 0 Å². The molecule has 0 aromatic heterocycles. The summed E-state index contributed by atoms with van der Waals surface area (Å²) >= 11 is 0. The van der Waals surface area contributed by atoms with Gasteiger partial charge in [-0.05, 0) is 19.4 Å². The Morgan fingerprint density at radius 3 is 2.00 bits per heavy atom. The Morgan fingerprint density at radius 1 is 1.50 bits per heavy atom. The van der Waals surface area contributed by atoms with Crippen LogP contribution in [0.15, 0.2) is 0 Å². The number of nitrogens with two attached hydrogens (primary N) is 1. The van der Waals surface area contributed by atoms with Gasteiger partial charge in [0.25, 0.3) is 0 Å². The van der Waals surface area contributed by atoms with Crippen LogP contribution in [0.3, 0.4) is 0 Å². The lowest BCUT2D eigenvalue weighted by atomic mass is 9.85. The molecule has 1 atom stereocenters. The SMILES string of the molecule is CC.CCC1(CN)CCN1. The van der Waals surface area contributed by atoms with Gasteiger partial charge in [-0.3, -0.25) is 0 Å². The molecule has 1 rings (SSSR count). The van der Waals surface area contributed by atoms with Crippen molar-refractivity contribution in [3.8, 4) is 0 Å². The Hall–Kier alpha value is -0.0800. The molecule has 0 aliphatic carbocycles. The highest BCUT2D eigenvalue weighted by Gasteiger charge is 2.32. The van der Waals surface area contributed by atoms with Crippen LogP contribution in [0.2, 0.25) is 0 Å². The molecule has 0 aromatic rings. The molecule has 62 valence electrons. The van der Waals surface area contributed by atoms with Crippen molar-refractivity contribution in [2.24, 2.45) is 5.73 Å². The first-order valence-corrected chi connectivity index (χ1v) is 4.28. The van der Waals surface area contributed by atoms with Gasteiger partial charge in [0.1, 0.15) is 0 Å². The minimum absolute atomic E-state index is 0.333. The molecule has 0 aromatic carbocycles. The summed E-state index contributed by atoms with van der Waals surface area (Å²) < 4.78 is 0. The minimum Gasteiger partial charge on any atom is -0.329 e. The molecule has 2 nitrogen and oxygen atoms in total. The van der Waals surface area contributed by atoms with E-state index in [1.807, 2.05) is 13.8 Å². The number of nitrogens with one attached hydrogen (secondary N) is 1. The van der Waals surface area contributed by atoms with E-state index in [1.165, 1.54) is 12.8 Å². The molecule has 0 saturated carbocycles. The van der Waals surface area contributed by atoms with Gasteiger partial charge in [-0.1, -0.05) is 20.8 Å². The molecule has 0 spiro atoms. The summed E-state index contributed by atoms with van der Waals surface area (Å²) in [6, 6.07) is 0. The maximum absolute atomic E-state index is 5.52. The van der Waals surface area contributed by atoms with Crippen molar-refractivity contribution in [2.75, 3.05) is 13.1 Å². The second-order valence-electron chi connectivity index (χ2n) is 2.51. The molecule has 1 unspecified atom stereocenters. The summed E-state index contributed by atoms with van der Waals surface area (Å²) in [5.41, 5.74) is 5.85. The smallest absolute Gasteiger partial charge is 0.0313 e. The topological polar surface area (TPSA) is 38.0 Å². The van der Waals surface area contributed by atoms with Crippen molar-refractivity contribution in [1.82, 2.24) is 5.32 Å². The molecule has 1 aliphatic heterocycles. The van der Waals surface area contributed by atoms with Gasteiger partial charge in [0.15, 0.2) is 0 Å². The lowest BCUT2D eigenvalue weighted by Crippen LogP contribution is -2.60. The van der Waals surface area contributed by atoms with Crippen LogP contribution in [-0.4, -0.2) is 18.6 Å². The monoisotopic (exact) mass is 144 g/mol. The van der Waals surface area contributed by atoms with E-state index in [1.54, 1.807) is 0 Å². The average Bonchev–Trinajstić information content (AvgIpc) is 1.93. The lowest BCUT2D eigenvalue weighted by molar-refractivity contribution is 0.208. The van der Waals surface area contributed by atoms with Gasteiger partial charge in [0.05, 0.1) is 0 Å². The second-order valence-corrected chi connectivity index (χ2v) is 2.51. The maximum atomic E-state index is 5.52. The standard InChI is InChI=1S/C6H14N2.C2H6/c1-2-6(5-7)3-4-8-6;1-2/h8H,2-5,7H2,1H3;1-2H3. The molecule has 1 saturated heterocycles. The summed E-state index contributed by atoms with van der Waals surface area (Å²) in [5, 5.41) is 3.33. The van der Waals surface area contributed by atoms with Crippen LogP contribution >= 0.6 is 0 Å². The van der Waals surface area contributed by atoms with Crippen LogP contribution in [0.4, 0.5) is 0 Å². The Kier molecular flexibility index (Phi) is 4.65. The molecule has 10 heavy (non-hydrogen) atoms. The summed E-state index contributed by atoms with van der Waals surface area (Å²) in [6.45, 7) is 8.13. The van der Waals surface area contributed by atoms with E-state index in [0.717, 1.165) is 13.1 Å². The fourth-order valence-electron chi connectivity index (χ4n) is 1.10. The summed E-state index contributed by atoms with van der Waals surface area (Å²) in [7, 11) is 0. The highest BCUT2D eigenvalue weighted by atomic mass is 15.1. The van der Waals surface area contributed by atoms with Crippen LogP contribution < -0.4 is 11.1 Å². The first kappa shape index (κ1) is 9.92. The molecular formula is C8H20N2. The van der Waals surface area contributed by atoms with Gasteiger partial charge < -0.3 is 11.1 Å². The summed E-state index contributed by atoms with van der Waals surface area (Å²) in [4.78, 5) is 0. The van der Waals surface area contributed by atoms with Gasteiger partial charge in [-0.15, -0.1) is 0 Å². The quantitative estimate of drug-likeness (QED) is 0.609. The fraction of sp³-hybridized carbons (Fsp3) is 1.00. The Balaban J connectivity index is 0.000000371. The zero-order chi connectivity index (χ0) is 8.04. The summed E-state index contributed by atoms with van der Waals surface area (Å²) in [6.07, 6.45) is 2.43. The molecule has 1 fully saturated rings. The lowest BCUT2D eigenvalue weighted by Gasteiger charge is -2.41. The van der Waals surface area contributed by atoms with Gasteiger partial charge in [0.2, 0.25) is 0 Å². The van der Waals surface area contributed by atoms with E-state index in [4.69, 9.17) is 5.73 Å². The van der Waals surface area contributed by atoms with Crippen LogP contribution in [0.25, 0.3) is 0 Å². The Labute approximate surface area is 64.2 Å². The summed E-state index contributed by atoms with van der Waals surface area (Å²) in [5.74, 6) is 0. The molecule has 0 amide bonds. The third-order valence-electron chi connectivity index (χ3n) is 2.17. The van der Waals surface area contributed by atoms with Crippen molar-refractivity contribution in [3.63, 3.8) is 0 Å². The molecule has 2 heteroatoms. The first-order chi connectivity index (χ1) is 4.83. The van der Waals surface area contributed by atoms with E-state index in [-0.39, 0.29) is 0 Å². The zero-order valence-corrected chi connectivity index (χ0v) is 7.41. The van der Waals surface area contributed by atoms with E-state index < -0.39 is 0 Å². The highest BCUT2D eigenvalue weighted by Crippen LogP contribution is 2.20. The Bertz CT molecular complexity index is 63.8. The Morgan fingerprint density at radius 2 is 2.00 bits per heavy atom. The van der Waals surface area contributed by atoms with Gasteiger partial charge in [-0.25, -0.2) is 0 Å². The van der Waals surface area contributed by atoms with Gasteiger partial charge in [0, 0.05) is 12.1 Å². The van der Waals surface area contributed by atoms with Crippen LogP contribution in [-0.2, 0) is 0 Å². The second kappa shape index (κ2) is 4.69. The third-order valence-corrected chi connectivity index (χ3v) is 2.17. The minimum atomic E-state index is 0.333. The highest BCUT2D eigenvalue weighted by molar-refractivity contribution is 4.95. The third kappa shape index (κ3) is 1.96. The molecule has 0 radical (unpaired) electrons. The van der Waals surface area contributed by atoms with Crippen molar-refractivity contribution in [2.45, 2.75) is 39.2 Å². The zero-order valence-electron chi connectivity index (χ0n) is 7.41. The van der Waals surface area contributed by atoms with Crippen molar-refractivity contribution < 1.29 is 0 Å². The fourth-order valence-corrected chi connectivity index (χ4v) is 1.10. The van der Waals surface area contributed by atoms with Crippen LogP contribution in [0, 0.1) is 0 Å². The average molecular weight is 144 g/mol. The number of rotatable bonds is 2. The molecule has 1 heterocycles. The van der Waals surface area contributed by atoms with Crippen molar-refractivity contribution in [1.29, 1.82) is 0 Å². The van der Waals surface area contributed by atoms with Crippen molar-refractivity contribution in [3.05, 3.63) is 0 Å². The largest absolute Gasteiger partial charge is 0.329 e. The van der Waals surface area contributed by atoms with Crippen LogP contribution in [0.1, 0.15) is 33.6 Å². The maximum Gasteiger partial charge on any atom is 0.0313 e.